The molecular weight excluding hydrogens is 279 g/mol. The van der Waals surface area contributed by atoms with Gasteiger partial charge in [0, 0.05) is 43.9 Å². The zero-order valence-corrected chi connectivity index (χ0v) is 13.9. The molecule has 0 fully saturated rings. The third-order valence-corrected chi connectivity index (χ3v) is 4.64. The monoisotopic (exact) mass is 300 g/mol. The van der Waals surface area contributed by atoms with Crippen molar-refractivity contribution in [1.29, 1.82) is 0 Å². The standard InChI is InChI=1S/C17H21N2OP/c1-12-5-8-16(13(9-12)11-18-2)21-17-10-14(19(3)4)6-7-15(17)20/h5-11,20-21H,1-4H3. The van der Waals surface area contributed by atoms with Crippen LogP contribution in [-0.2, 0) is 0 Å². The van der Waals surface area contributed by atoms with Gasteiger partial charge in [0.15, 0.2) is 0 Å². The first-order valence-corrected chi connectivity index (χ1v) is 7.81. The van der Waals surface area contributed by atoms with Gasteiger partial charge in [0.05, 0.1) is 0 Å². The summed E-state index contributed by atoms with van der Waals surface area (Å²) in [5.74, 6) is 0.346. The number of phenolic OH excluding ortho intramolecular Hbond substituents is 1. The van der Waals surface area contributed by atoms with E-state index in [1.807, 2.05) is 37.3 Å². The molecule has 0 aromatic heterocycles. The molecular formula is C17H21N2OP. The summed E-state index contributed by atoms with van der Waals surface area (Å²) in [6, 6.07) is 12.1. The Kier molecular flexibility index (Phi) is 4.98. The SMILES string of the molecule is CN=Cc1cc(C)ccc1Pc1cc(N(C)C)ccc1O. The van der Waals surface area contributed by atoms with Crippen molar-refractivity contribution in [2.24, 2.45) is 4.99 Å². The predicted octanol–water partition coefficient (Wildman–Crippen LogP) is 2.44. The average Bonchev–Trinajstić information content (AvgIpc) is 2.44. The lowest BCUT2D eigenvalue weighted by atomic mass is 10.1. The Bertz CT molecular complexity index is 666. The van der Waals surface area contributed by atoms with E-state index in [0.717, 1.165) is 16.6 Å². The van der Waals surface area contributed by atoms with Gasteiger partial charge in [0.2, 0.25) is 0 Å². The van der Waals surface area contributed by atoms with Gasteiger partial charge in [0.1, 0.15) is 5.75 Å². The number of aryl methyl sites for hydroxylation is 1. The van der Waals surface area contributed by atoms with Crippen LogP contribution in [0.4, 0.5) is 5.69 Å². The van der Waals surface area contributed by atoms with Gasteiger partial charge in [-0.15, -0.1) is 0 Å². The second-order valence-corrected chi connectivity index (χ2v) is 6.53. The van der Waals surface area contributed by atoms with Crippen molar-refractivity contribution in [3.8, 4) is 5.75 Å². The number of hydrogen-bond acceptors (Lipinski definition) is 3. The number of hydrogen-bond donors (Lipinski definition) is 1. The summed E-state index contributed by atoms with van der Waals surface area (Å²) in [4.78, 5) is 6.16. The smallest absolute Gasteiger partial charge is 0.123 e. The van der Waals surface area contributed by atoms with Crippen molar-refractivity contribution in [2.45, 2.75) is 6.92 Å². The van der Waals surface area contributed by atoms with Crippen LogP contribution >= 0.6 is 8.58 Å². The maximum Gasteiger partial charge on any atom is 0.123 e. The summed E-state index contributed by atoms with van der Waals surface area (Å²) >= 11 is 0. The zero-order valence-electron chi connectivity index (χ0n) is 12.9. The van der Waals surface area contributed by atoms with E-state index in [9.17, 15) is 5.11 Å². The van der Waals surface area contributed by atoms with Gasteiger partial charge in [-0.3, -0.25) is 4.99 Å². The van der Waals surface area contributed by atoms with Crippen molar-refractivity contribution in [3.05, 3.63) is 47.5 Å². The van der Waals surface area contributed by atoms with E-state index in [4.69, 9.17) is 0 Å². The van der Waals surface area contributed by atoms with E-state index in [0.29, 0.717) is 14.3 Å². The quantitative estimate of drug-likeness (QED) is 0.695. The number of anilines is 1. The lowest BCUT2D eigenvalue weighted by Gasteiger charge is -2.15. The van der Waals surface area contributed by atoms with Gasteiger partial charge in [-0.2, -0.15) is 0 Å². The first-order chi connectivity index (χ1) is 10.0. The van der Waals surface area contributed by atoms with Gasteiger partial charge in [-0.25, -0.2) is 0 Å². The molecule has 0 saturated carbocycles. The fraction of sp³-hybridized carbons (Fsp3) is 0.235. The van der Waals surface area contributed by atoms with E-state index in [1.165, 1.54) is 10.9 Å². The largest absolute Gasteiger partial charge is 0.507 e. The average molecular weight is 300 g/mol. The Hall–Kier alpha value is -1.86. The number of benzene rings is 2. The molecule has 0 aliphatic carbocycles. The topological polar surface area (TPSA) is 35.8 Å². The lowest BCUT2D eigenvalue weighted by molar-refractivity contribution is 0.480. The molecule has 2 aromatic carbocycles. The number of phenols is 1. The summed E-state index contributed by atoms with van der Waals surface area (Å²) in [5.41, 5.74) is 3.42. The molecule has 1 unspecified atom stereocenters. The van der Waals surface area contributed by atoms with Crippen LogP contribution in [0.3, 0.4) is 0 Å². The molecule has 2 aromatic rings. The molecule has 1 N–H and O–H groups in total. The highest BCUT2D eigenvalue weighted by Gasteiger charge is 2.08. The van der Waals surface area contributed by atoms with Crippen LogP contribution in [0, 0.1) is 6.92 Å². The minimum atomic E-state index is 0.346. The molecule has 4 heteroatoms. The van der Waals surface area contributed by atoms with Gasteiger partial charge in [0.25, 0.3) is 0 Å². The van der Waals surface area contributed by atoms with Crippen molar-refractivity contribution >= 4 is 31.1 Å². The first kappa shape index (κ1) is 15.5. The Morgan fingerprint density at radius 3 is 2.52 bits per heavy atom. The maximum absolute atomic E-state index is 10.1. The number of nitrogens with zero attached hydrogens (tertiary/aromatic N) is 2. The highest BCUT2D eigenvalue weighted by Crippen LogP contribution is 2.24. The minimum Gasteiger partial charge on any atom is -0.507 e. The van der Waals surface area contributed by atoms with Gasteiger partial charge >= 0.3 is 0 Å². The fourth-order valence-electron chi connectivity index (χ4n) is 2.09. The van der Waals surface area contributed by atoms with Crippen LogP contribution in [0.5, 0.6) is 5.75 Å². The van der Waals surface area contributed by atoms with Crippen LogP contribution in [0.1, 0.15) is 11.1 Å². The second-order valence-electron chi connectivity index (χ2n) is 5.20. The van der Waals surface area contributed by atoms with Crippen LogP contribution in [0.2, 0.25) is 0 Å². The molecule has 1 atom stereocenters. The van der Waals surface area contributed by atoms with E-state index in [1.54, 1.807) is 13.1 Å². The number of aromatic hydroxyl groups is 1. The zero-order chi connectivity index (χ0) is 15.4. The molecule has 110 valence electrons. The van der Waals surface area contributed by atoms with Gasteiger partial charge < -0.3 is 10.0 Å². The molecule has 3 nitrogen and oxygen atoms in total. The molecule has 0 amide bonds. The van der Waals surface area contributed by atoms with Crippen molar-refractivity contribution in [2.75, 3.05) is 26.0 Å². The normalized spacial score (nSPS) is 11.6. The molecule has 2 rings (SSSR count). The molecule has 0 bridgehead atoms. The fourth-order valence-corrected chi connectivity index (χ4v) is 3.26. The molecule has 0 radical (unpaired) electrons. The molecule has 0 saturated heterocycles. The summed E-state index contributed by atoms with van der Waals surface area (Å²) in [7, 11) is 6.18. The molecule has 0 heterocycles. The van der Waals surface area contributed by atoms with Crippen LogP contribution < -0.4 is 15.5 Å². The predicted molar refractivity (Wildman–Crippen MR) is 94.7 cm³/mol. The Morgan fingerprint density at radius 1 is 1.10 bits per heavy atom. The molecule has 21 heavy (non-hydrogen) atoms. The highest BCUT2D eigenvalue weighted by atomic mass is 31.1. The van der Waals surface area contributed by atoms with E-state index < -0.39 is 0 Å². The minimum absolute atomic E-state index is 0.346. The number of aliphatic imine (C=N–C) groups is 1. The van der Waals surface area contributed by atoms with E-state index in [2.05, 4.69) is 30.1 Å². The Balaban J connectivity index is 2.40. The summed E-state index contributed by atoms with van der Waals surface area (Å²) in [5, 5.41) is 12.3. The summed E-state index contributed by atoms with van der Waals surface area (Å²) in [6.45, 7) is 2.07. The van der Waals surface area contributed by atoms with Crippen molar-refractivity contribution in [1.82, 2.24) is 0 Å². The second kappa shape index (κ2) is 6.73. The highest BCUT2D eigenvalue weighted by molar-refractivity contribution is 7.56. The van der Waals surface area contributed by atoms with Crippen LogP contribution in [0.15, 0.2) is 41.4 Å². The molecule has 0 aliphatic heterocycles. The Labute approximate surface area is 128 Å². The summed E-state index contributed by atoms with van der Waals surface area (Å²) < 4.78 is 0. The van der Waals surface area contributed by atoms with Crippen molar-refractivity contribution < 1.29 is 5.11 Å². The third kappa shape index (κ3) is 3.83. The Morgan fingerprint density at radius 2 is 1.86 bits per heavy atom. The van der Waals surface area contributed by atoms with Gasteiger partial charge in [-0.1, -0.05) is 26.3 Å². The maximum atomic E-state index is 10.1. The molecule has 0 aliphatic rings. The molecule has 0 spiro atoms. The van der Waals surface area contributed by atoms with Crippen molar-refractivity contribution in [3.63, 3.8) is 0 Å². The number of rotatable bonds is 4. The lowest BCUT2D eigenvalue weighted by Crippen LogP contribution is -2.13. The van der Waals surface area contributed by atoms with E-state index >= 15 is 0 Å². The van der Waals surface area contributed by atoms with Crippen LogP contribution in [0.25, 0.3) is 0 Å². The van der Waals surface area contributed by atoms with Gasteiger partial charge in [-0.05, 0) is 36.5 Å². The first-order valence-electron chi connectivity index (χ1n) is 6.81. The van der Waals surface area contributed by atoms with Crippen LogP contribution in [-0.4, -0.2) is 32.5 Å². The third-order valence-electron chi connectivity index (χ3n) is 3.24. The summed E-state index contributed by atoms with van der Waals surface area (Å²) in [6.07, 6.45) is 1.88. The van der Waals surface area contributed by atoms with E-state index in [-0.39, 0.29) is 0 Å².